The first-order valence-corrected chi connectivity index (χ1v) is 10.6. The maximum absolute atomic E-state index is 12.7. The van der Waals surface area contributed by atoms with Gasteiger partial charge >= 0.3 is 0 Å². The summed E-state index contributed by atoms with van der Waals surface area (Å²) in [7, 11) is -3.14. The molecule has 2 aromatic rings. The third-order valence-corrected chi connectivity index (χ3v) is 6.66. The van der Waals surface area contributed by atoms with Gasteiger partial charge in [0.25, 0.3) is 5.91 Å². The highest BCUT2D eigenvalue weighted by molar-refractivity contribution is 7.91. The largest absolute Gasteiger partial charge is 0.320 e. The Hall–Kier alpha value is -2.74. The van der Waals surface area contributed by atoms with E-state index in [1.54, 1.807) is 0 Å². The highest BCUT2D eigenvalue weighted by Gasteiger charge is 2.37. The van der Waals surface area contributed by atoms with Crippen LogP contribution >= 0.6 is 0 Å². The topological polar surface area (TPSA) is 95.9 Å². The zero-order chi connectivity index (χ0) is 19.0. The van der Waals surface area contributed by atoms with Gasteiger partial charge < -0.3 is 5.32 Å². The third-order valence-electron chi connectivity index (χ3n) is 4.91. The maximum atomic E-state index is 12.7. The van der Waals surface area contributed by atoms with E-state index in [0.717, 1.165) is 10.8 Å². The smallest absolute Gasteiger partial charge is 0.271 e. The van der Waals surface area contributed by atoms with E-state index in [-0.39, 0.29) is 41.9 Å². The molecule has 2 amide bonds. The Morgan fingerprint density at radius 1 is 1.11 bits per heavy atom. The van der Waals surface area contributed by atoms with Gasteiger partial charge in [0.15, 0.2) is 9.84 Å². The molecule has 0 radical (unpaired) electrons. The van der Waals surface area contributed by atoms with Crippen LogP contribution in [0.5, 0.6) is 0 Å². The number of nitrogens with one attached hydrogen (secondary N) is 1. The number of amides is 2. The van der Waals surface area contributed by atoms with Gasteiger partial charge in [-0.15, -0.1) is 0 Å². The van der Waals surface area contributed by atoms with Crippen molar-refractivity contribution in [1.82, 2.24) is 5.01 Å². The van der Waals surface area contributed by atoms with E-state index in [2.05, 4.69) is 10.4 Å². The minimum atomic E-state index is -3.14. The minimum Gasteiger partial charge on any atom is -0.320 e. The van der Waals surface area contributed by atoms with Gasteiger partial charge in [-0.05, 0) is 17.9 Å². The number of rotatable bonds is 3. The Kier molecular flexibility index (Phi) is 4.43. The molecule has 0 spiro atoms. The fraction of sp³-hybridized carbons (Fsp3) is 0.316. The summed E-state index contributed by atoms with van der Waals surface area (Å²) >= 11 is 0. The van der Waals surface area contributed by atoms with Crippen LogP contribution in [0, 0.1) is 0 Å². The minimum absolute atomic E-state index is 0.0501. The lowest BCUT2D eigenvalue weighted by molar-refractivity contribution is -0.133. The molecule has 2 aliphatic rings. The molecule has 1 atom stereocenters. The normalized spacial score (nSPS) is 21.9. The van der Waals surface area contributed by atoms with Gasteiger partial charge in [-0.1, -0.05) is 36.4 Å². The first kappa shape index (κ1) is 17.7. The molecule has 0 saturated carbocycles. The number of carbonyl (C=O) groups excluding carboxylic acids is 2. The number of benzene rings is 2. The van der Waals surface area contributed by atoms with Crippen LogP contribution in [0.15, 0.2) is 47.6 Å². The van der Waals surface area contributed by atoms with Crippen LogP contribution in [0.4, 0.5) is 5.69 Å². The summed E-state index contributed by atoms with van der Waals surface area (Å²) in [5.41, 5.74) is 0.916. The second kappa shape index (κ2) is 6.77. The van der Waals surface area contributed by atoms with Crippen molar-refractivity contribution < 1.29 is 18.0 Å². The van der Waals surface area contributed by atoms with E-state index in [0.29, 0.717) is 12.1 Å². The van der Waals surface area contributed by atoms with E-state index >= 15 is 0 Å². The molecule has 1 unspecified atom stereocenters. The van der Waals surface area contributed by atoms with E-state index in [4.69, 9.17) is 0 Å². The number of hydrazone groups is 1. The maximum Gasteiger partial charge on any atom is 0.271 e. The fourth-order valence-corrected chi connectivity index (χ4v) is 5.21. The van der Waals surface area contributed by atoms with E-state index in [9.17, 15) is 18.0 Å². The molecule has 27 heavy (non-hydrogen) atoms. The molecule has 2 aliphatic heterocycles. The summed E-state index contributed by atoms with van der Waals surface area (Å²) in [6, 6.07) is 12.9. The Balaban J connectivity index is 1.57. The molecule has 0 aromatic heterocycles. The summed E-state index contributed by atoms with van der Waals surface area (Å²) in [6.07, 6.45) is 0.750. The first-order chi connectivity index (χ1) is 12.9. The predicted octanol–water partition coefficient (Wildman–Crippen LogP) is 1.94. The molecule has 140 valence electrons. The number of carbonyl (C=O) groups is 2. The Morgan fingerprint density at radius 3 is 2.67 bits per heavy atom. The van der Waals surface area contributed by atoms with Gasteiger partial charge in [0.1, 0.15) is 5.71 Å². The number of hydrogen-bond donors (Lipinski definition) is 1. The zero-order valence-corrected chi connectivity index (χ0v) is 15.4. The van der Waals surface area contributed by atoms with Crippen molar-refractivity contribution in [2.24, 2.45) is 5.10 Å². The second-order valence-corrected chi connectivity index (χ2v) is 9.05. The molecule has 1 N–H and O–H groups in total. The van der Waals surface area contributed by atoms with Crippen LogP contribution in [0.1, 0.15) is 19.3 Å². The van der Waals surface area contributed by atoms with Crippen molar-refractivity contribution in [3.63, 3.8) is 0 Å². The second-order valence-electron chi connectivity index (χ2n) is 6.82. The van der Waals surface area contributed by atoms with Crippen LogP contribution in [0.25, 0.3) is 10.8 Å². The van der Waals surface area contributed by atoms with Gasteiger partial charge in [0, 0.05) is 23.9 Å². The molecular formula is C19H19N3O4S. The van der Waals surface area contributed by atoms with E-state index in [1.807, 2.05) is 42.5 Å². The summed E-state index contributed by atoms with van der Waals surface area (Å²) in [6.45, 7) is 0. The number of nitrogens with zero attached hydrogens (tertiary/aromatic N) is 2. The predicted molar refractivity (Wildman–Crippen MR) is 103 cm³/mol. The first-order valence-electron chi connectivity index (χ1n) is 8.82. The van der Waals surface area contributed by atoms with Crippen LogP contribution in [0.2, 0.25) is 0 Å². The van der Waals surface area contributed by atoms with Gasteiger partial charge in [-0.2, -0.15) is 5.10 Å². The molecule has 2 heterocycles. The van der Waals surface area contributed by atoms with Gasteiger partial charge in [0.05, 0.1) is 17.5 Å². The van der Waals surface area contributed by atoms with E-state index in [1.165, 1.54) is 5.01 Å². The van der Waals surface area contributed by atoms with Crippen LogP contribution in [0.3, 0.4) is 0 Å². The average Bonchev–Trinajstić information content (AvgIpc) is 3.02. The van der Waals surface area contributed by atoms with E-state index < -0.39 is 15.9 Å². The molecule has 2 aromatic carbocycles. The molecule has 0 bridgehead atoms. The Morgan fingerprint density at radius 2 is 1.89 bits per heavy atom. The summed E-state index contributed by atoms with van der Waals surface area (Å²) < 4.78 is 23.4. The number of anilines is 1. The van der Waals surface area contributed by atoms with Gasteiger partial charge in [-0.25, -0.2) is 13.4 Å². The van der Waals surface area contributed by atoms with Crippen molar-refractivity contribution in [1.29, 1.82) is 0 Å². The highest BCUT2D eigenvalue weighted by atomic mass is 32.2. The lowest BCUT2D eigenvalue weighted by atomic mass is 10.1. The number of sulfone groups is 1. The van der Waals surface area contributed by atoms with Crippen molar-refractivity contribution in [2.75, 3.05) is 16.8 Å². The lowest BCUT2D eigenvalue weighted by Crippen LogP contribution is -2.42. The molecule has 4 rings (SSSR count). The lowest BCUT2D eigenvalue weighted by Gasteiger charge is -2.27. The SMILES string of the molecule is O=C(Nc1cccc2ccccc12)C1=NN(C2CCS(=O)(=O)C2)C(=O)CC1. The molecule has 0 aliphatic carbocycles. The van der Waals surface area contributed by atoms with Crippen LogP contribution < -0.4 is 5.32 Å². The molecule has 1 saturated heterocycles. The fourth-order valence-electron chi connectivity index (χ4n) is 3.52. The van der Waals surface area contributed by atoms with Gasteiger partial charge in [-0.3, -0.25) is 9.59 Å². The van der Waals surface area contributed by atoms with Crippen molar-refractivity contribution in [3.05, 3.63) is 42.5 Å². The monoisotopic (exact) mass is 385 g/mol. The number of fused-ring (bicyclic) bond motifs is 1. The molecular weight excluding hydrogens is 366 g/mol. The zero-order valence-electron chi connectivity index (χ0n) is 14.6. The van der Waals surface area contributed by atoms with Crippen molar-refractivity contribution in [2.45, 2.75) is 25.3 Å². The summed E-state index contributed by atoms with van der Waals surface area (Å²) in [5, 5.41) is 10.2. The summed E-state index contributed by atoms with van der Waals surface area (Å²) in [5.74, 6) is -0.655. The molecule has 1 fully saturated rings. The van der Waals surface area contributed by atoms with Crippen molar-refractivity contribution in [3.8, 4) is 0 Å². The quantitative estimate of drug-likeness (QED) is 0.873. The van der Waals surface area contributed by atoms with Gasteiger partial charge in [0.2, 0.25) is 5.91 Å². The Bertz CT molecular complexity index is 1060. The third kappa shape index (κ3) is 3.57. The number of hydrogen-bond acceptors (Lipinski definition) is 5. The standard InChI is InChI=1S/C19H19N3O4S/c23-18-9-8-17(21-22(18)14-10-11-27(25,26)12-14)19(24)20-16-7-3-5-13-4-1-2-6-15(13)16/h1-7,14H,8-12H2,(H,20,24). The van der Waals surface area contributed by atoms with Crippen molar-refractivity contribution >= 4 is 43.8 Å². The summed E-state index contributed by atoms with van der Waals surface area (Å²) in [4.78, 5) is 24.9. The van der Waals surface area contributed by atoms with Crippen LogP contribution in [-0.2, 0) is 19.4 Å². The molecule has 8 heteroatoms. The average molecular weight is 385 g/mol. The van der Waals surface area contributed by atoms with Crippen LogP contribution in [-0.4, -0.2) is 48.5 Å². The Labute approximate surface area is 157 Å². The highest BCUT2D eigenvalue weighted by Crippen LogP contribution is 2.25. The molecule has 7 nitrogen and oxygen atoms in total.